The summed E-state index contributed by atoms with van der Waals surface area (Å²) in [6.45, 7) is 4.98. The molecule has 0 aliphatic rings. The molecule has 0 aliphatic carbocycles. The molecule has 2 N–H and O–H groups in total. The molecule has 0 aliphatic heterocycles. The van der Waals surface area contributed by atoms with Crippen molar-refractivity contribution in [2.45, 2.75) is 39.1 Å². The maximum atomic E-state index is 11.7. The van der Waals surface area contributed by atoms with E-state index >= 15 is 0 Å². The average molecular weight is 296 g/mol. The smallest absolute Gasteiger partial charge is 0.378 e. The third kappa shape index (κ3) is 6.78. The number of esters is 1. The molecule has 1 aromatic carbocycles. The van der Waals surface area contributed by atoms with Crippen LogP contribution >= 0.6 is 0 Å². The van der Waals surface area contributed by atoms with Crippen LogP contribution in [0.25, 0.3) is 0 Å². The van der Waals surface area contributed by atoms with E-state index in [-0.39, 0.29) is 12.1 Å². The van der Waals surface area contributed by atoms with E-state index < -0.39 is 23.5 Å². The lowest BCUT2D eigenvalue weighted by Gasteiger charge is -2.19. The summed E-state index contributed by atoms with van der Waals surface area (Å²) in [5, 5.41) is 0. The molecule has 0 heterocycles. The Morgan fingerprint density at radius 3 is 2.24 bits per heavy atom. The van der Waals surface area contributed by atoms with Crippen LogP contribution in [0.4, 0.5) is 0 Å². The molecule has 1 atom stereocenters. The number of Topliss-reactive ketones (excluding diaryl/α,β-unsaturated/α-hetero) is 1. The standard InChI is InChI=1S/C15H18O5.H2O/c1-15(2,3)20-14(18)13(17)12(9-16)19-10-11-7-5-4-6-8-11;/h4-9,12H,10H2,1-3H3;1H2. The van der Waals surface area contributed by atoms with Gasteiger partial charge in [0.2, 0.25) is 0 Å². The Kier molecular flexibility index (Phi) is 7.48. The van der Waals surface area contributed by atoms with Crippen LogP contribution < -0.4 is 0 Å². The minimum absolute atomic E-state index is 0. The number of ether oxygens (including phenoxy) is 2. The minimum atomic E-state index is -1.44. The fourth-order valence-electron chi connectivity index (χ4n) is 1.38. The number of rotatable bonds is 6. The van der Waals surface area contributed by atoms with Gasteiger partial charge in [0.25, 0.3) is 5.78 Å². The van der Waals surface area contributed by atoms with Crippen LogP contribution in [0.3, 0.4) is 0 Å². The number of hydrogen-bond donors (Lipinski definition) is 0. The molecule has 0 radical (unpaired) electrons. The van der Waals surface area contributed by atoms with Gasteiger partial charge in [-0.05, 0) is 26.3 Å². The number of aldehydes is 1. The first-order valence-corrected chi connectivity index (χ1v) is 6.21. The summed E-state index contributed by atoms with van der Waals surface area (Å²) in [7, 11) is 0. The molecule has 0 saturated carbocycles. The molecule has 0 saturated heterocycles. The summed E-state index contributed by atoms with van der Waals surface area (Å²) in [4.78, 5) is 34.2. The first-order chi connectivity index (χ1) is 9.33. The van der Waals surface area contributed by atoms with E-state index in [2.05, 4.69) is 0 Å². The maximum absolute atomic E-state index is 11.7. The number of carbonyl (C=O) groups is 3. The van der Waals surface area contributed by atoms with Gasteiger partial charge in [-0.2, -0.15) is 0 Å². The van der Waals surface area contributed by atoms with Gasteiger partial charge < -0.3 is 14.9 Å². The number of hydrogen-bond acceptors (Lipinski definition) is 5. The molecular formula is C15H20O6. The van der Waals surface area contributed by atoms with Gasteiger partial charge in [0.05, 0.1) is 6.61 Å². The SMILES string of the molecule is CC(C)(C)OC(=O)C(=O)C(C=O)OCc1ccccc1.O. The van der Waals surface area contributed by atoms with Gasteiger partial charge in [-0.15, -0.1) is 0 Å². The predicted octanol–water partition coefficient (Wildman–Crippen LogP) is 0.857. The van der Waals surface area contributed by atoms with Crippen LogP contribution in [-0.4, -0.2) is 35.2 Å². The van der Waals surface area contributed by atoms with Crippen LogP contribution in [0, 0.1) is 0 Å². The minimum Gasteiger partial charge on any atom is -0.454 e. The van der Waals surface area contributed by atoms with Gasteiger partial charge in [0.15, 0.2) is 12.4 Å². The number of ketones is 1. The van der Waals surface area contributed by atoms with Crippen molar-refractivity contribution in [3.05, 3.63) is 35.9 Å². The highest BCUT2D eigenvalue weighted by Crippen LogP contribution is 2.09. The lowest BCUT2D eigenvalue weighted by atomic mass is 10.2. The molecule has 6 nitrogen and oxygen atoms in total. The molecule has 0 fully saturated rings. The lowest BCUT2D eigenvalue weighted by molar-refractivity contribution is -0.167. The van der Waals surface area contributed by atoms with E-state index in [1.165, 1.54) is 0 Å². The van der Waals surface area contributed by atoms with E-state index in [1.54, 1.807) is 32.9 Å². The van der Waals surface area contributed by atoms with E-state index in [4.69, 9.17) is 9.47 Å². The molecule has 0 aromatic heterocycles. The van der Waals surface area contributed by atoms with Crippen molar-refractivity contribution < 1.29 is 29.3 Å². The van der Waals surface area contributed by atoms with Gasteiger partial charge in [0, 0.05) is 0 Å². The van der Waals surface area contributed by atoms with Crippen LogP contribution in [0.15, 0.2) is 30.3 Å². The summed E-state index contributed by atoms with van der Waals surface area (Å²) in [5.74, 6) is -2.06. The highest BCUT2D eigenvalue weighted by Gasteiger charge is 2.30. The zero-order valence-electron chi connectivity index (χ0n) is 12.3. The first-order valence-electron chi connectivity index (χ1n) is 6.21. The van der Waals surface area contributed by atoms with Gasteiger partial charge in [0.1, 0.15) is 5.60 Å². The van der Waals surface area contributed by atoms with E-state index in [1.807, 2.05) is 18.2 Å². The molecule has 0 bridgehead atoms. The predicted molar refractivity (Wildman–Crippen MR) is 75.5 cm³/mol. The summed E-state index contributed by atoms with van der Waals surface area (Å²) >= 11 is 0. The molecule has 1 unspecified atom stereocenters. The highest BCUT2D eigenvalue weighted by molar-refractivity contribution is 6.38. The van der Waals surface area contributed by atoms with Crippen molar-refractivity contribution in [3.63, 3.8) is 0 Å². The van der Waals surface area contributed by atoms with Crippen molar-refractivity contribution in [1.82, 2.24) is 0 Å². The van der Waals surface area contributed by atoms with E-state index in [9.17, 15) is 14.4 Å². The molecule has 0 spiro atoms. The highest BCUT2D eigenvalue weighted by atomic mass is 16.6. The Balaban J connectivity index is 0.00000400. The quantitative estimate of drug-likeness (QED) is 0.335. The van der Waals surface area contributed by atoms with Crippen molar-refractivity contribution in [1.29, 1.82) is 0 Å². The average Bonchev–Trinajstić information content (AvgIpc) is 2.38. The molecule has 116 valence electrons. The summed E-state index contributed by atoms with van der Waals surface area (Å²) < 4.78 is 10.1. The Hall–Kier alpha value is -2.05. The zero-order chi connectivity index (χ0) is 15.2. The third-order valence-electron chi connectivity index (χ3n) is 2.25. The first kappa shape index (κ1) is 18.9. The molecule has 0 amide bonds. The molecule has 6 heteroatoms. The lowest BCUT2D eigenvalue weighted by Crippen LogP contribution is -2.37. The van der Waals surface area contributed by atoms with Crippen molar-refractivity contribution in [2.75, 3.05) is 0 Å². The van der Waals surface area contributed by atoms with Gasteiger partial charge >= 0.3 is 5.97 Å². The topological polar surface area (TPSA) is 101 Å². The van der Waals surface area contributed by atoms with Crippen molar-refractivity contribution >= 4 is 18.0 Å². The Bertz CT molecular complexity index is 475. The largest absolute Gasteiger partial charge is 0.454 e. The molecular weight excluding hydrogens is 276 g/mol. The van der Waals surface area contributed by atoms with Crippen molar-refractivity contribution in [2.24, 2.45) is 0 Å². The zero-order valence-corrected chi connectivity index (χ0v) is 12.3. The monoisotopic (exact) mass is 296 g/mol. The summed E-state index contributed by atoms with van der Waals surface area (Å²) in [6.07, 6.45) is -1.14. The van der Waals surface area contributed by atoms with Gasteiger partial charge in [-0.1, -0.05) is 30.3 Å². The van der Waals surface area contributed by atoms with Gasteiger partial charge in [-0.25, -0.2) is 4.79 Å². The van der Waals surface area contributed by atoms with E-state index in [0.717, 1.165) is 5.56 Å². The van der Waals surface area contributed by atoms with Gasteiger partial charge in [-0.3, -0.25) is 9.59 Å². The fraction of sp³-hybridized carbons (Fsp3) is 0.400. The van der Waals surface area contributed by atoms with Crippen LogP contribution in [0.5, 0.6) is 0 Å². The Morgan fingerprint density at radius 2 is 1.76 bits per heavy atom. The van der Waals surface area contributed by atoms with Crippen molar-refractivity contribution in [3.8, 4) is 0 Å². The summed E-state index contributed by atoms with van der Waals surface area (Å²) in [5.41, 5.74) is 0.0101. The van der Waals surface area contributed by atoms with Crippen LogP contribution in [-0.2, 0) is 30.5 Å². The second-order valence-corrected chi connectivity index (χ2v) is 5.22. The second kappa shape index (κ2) is 8.28. The molecule has 1 rings (SSSR count). The molecule has 21 heavy (non-hydrogen) atoms. The van der Waals surface area contributed by atoms with E-state index in [0.29, 0.717) is 6.29 Å². The van der Waals surface area contributed by atoms with Crippen LogP contribution in [0.2, 0.25) is 0 Å². The maximum Gasteiger partial charge on any atom is 0.378 e. The Labute approximate surface area is 123 Å². The van der Waals surface area contributed by atoms with Crippen LogP contribution in [0.1, 0.15) is 26.3 Å². The third-order valence-corrected chi connectivity index (χ3v) is 2.25. The Morgan fingerprint density at radius 1 is 1.19 bits per heavy atom. The fourth-order valence-corrected chi connectivity index (χ4v) is 1.38. The number of benzene rings is 1. The summed E-state index contributed by atoms with van der Waals surface area (Å²) in [6, 6.07) is 9.04. The second-order valence-electron chi connectivity index (χ2n) is 5.22. The molecule has 1 aromatic rings. The normalized spacial score (nSPS) is 12.0. The number of carbonyl (C=O) groups excluding carboxylic acids is 3.